The molecule has 6 heteroatoms. The molecule has 0 saturated carbocycles. The maximum Gasteiger partial charge on any atom is 0.171 e. The van der Waals surface area contributed by atoms with Gasteiger partial charge in [-0.1, -0.05) is 0 Å². The van der Waals surface area contributed by atoms with Crippen molar-refractivity contribution < 1.29 is 13.2 Å². The van der Waals surface area contributed by atoms with E-state index in [1.807, 2.05) is 0 Å². The molecule has 0 aliphatic carbocycles. The Labute approximate surface area is 102 Å². The summed E-state index contributed by atoms with van der Waals surface area (Å²) in [6.07, 6.45) is 0. The Hall–Kier alpha value is -2.24. The van der Waals surface area contributed by atoms with Crippen molar-refractivity contribution in [1.29, 1.82) is 0 Å². The Balaban J connectivity index is 2.42. The summed E-state index contributed by atoms with van der Waals surface area (Å²) in [6, 6.07) is 6.04. The van der Waals surface area contributed by atoms with Crippen molar-refractivity contribution in [2.75, 3.05) is 17.7 Å². The minimum absolute atomic E-state index is 0.125. The lowest BCUT2D eigenvalue weighted by Gasteiger charge is -2.19. The van der Waals surface area contributed by atoms with Crippen LogP contribution in [0.15, 0.2) is 30.3 Å². The Morgan fingerprint density at radius 1 is 1.06 bits per heavy atom. The summed E-state index contributed by atoms with van der Waals surface area (Å²) < 4.78 is 39.3. The molecule has 94 valence electrons. The van der Waals surface area contributed by atoms with Crippen LogP contribution in [0.25, 0.3) is 0 Å². The van der Waals surface area contributed by atoms with Crippen molar-refractivity contribution in [3.05, 3.63) is 47.8 Å². The third-order valence-electron chi connectivity index (χ3n) is 2.47. The lowest BCUT2D eigenvalue weighted by atomic mass is 10.3. The van der Waals surface area contributed by atoms with Gasteiger partial charge in [-0.2, -0.15) is 0 Å². The van der Waals surface area contributed by atoms with Crippen LogP contribution >= 0.6 is 0 Å². The van der Waals surface area contributed by atoms with E-state index in [1.54, 1.807) is 0 Å². The van der Waals surface area contributed by atoms with Gasteiger partial charge in [0.15, 0.2) is 23.3 Å². The summed E-state index contributed by atoms with van der Waals surface area (Å²) in [5, 5.41) is 0. The Morgan fingerprint density at radius 3 is 2.28 bits per heavy atom. The van der Waals surface area contributed by atoms with Crippen molar-refractivity contribution in [3.63, 3.8) is 0 Å². The van der Waals surface area contributed by atoms with E-state index in [0.29, 0.717) is 11.8 Å². The third kappa shape index (κ3) is 2.22. The number of aromatic nitrogens is 1. The molecule has 2 aromatic rings. The molecule has 1 heterocycles. The van der Waals surface area contributed by atoms with E-state index in [0.717, 1.165) is 0 Å². The molecule has 0 amide bonds. The zero-order valence-electron chi connectivity index (χ0n) is 9.49. The van der Waals surface area contributed by atoms with Crippen LogP contribution in [0.3, 0.4) is 0 Å². The smallest absolute Gasteiger partial charge is 0.171 e. The van der Waals surface area contributed by atoms with Gasteiger partial charge in [-0.3, -0.25) is 0 Å². The molecular weight excluding hydrogens is 243 g/mol. The number of nitrogens with zero attached hydrogens (tertiary/aromatic N) is 2. The number of hydrogen-bond donors (Lipinski definition) is 1. The average molecular weight is 253 g/mol. The standard InChI is InChI=1S/C12H10F3N3/c1-18(8-4-2-7(13)3-5-8)12-10(15)6-9(14)11(16)17-12/h2-6H,1H3,(H2,16,17). The second-order valence-electron chi connectivity index (χ2n) is 3.70. The molecule has 0 saturated heterocycles. The van der Waals surface area contributed by atoms with E-state index in [2.05, 4.69) is 4.98 Å². The second kappa shape index (κ2) is 4.56. The number of halogens is 3. The monoisotopic (exact) mass is 253 g/mol. The van der Waals surface area contributed by atoms with Crippen molar-refractivity contribution in [3.8, 4) is 0 Å². The molecule has 18 heavy (non-hydrogen) atoms. The molecule has 0 spiro atoms. The maximum absolute atomic E-state index is 13.6. The van der Waals surface area contributed by atoms with Gasteiger partial charge < -0.3 is 10.6 Å². The van der Waals surface area contributed by atoms with Crippen LogP contribution in [-0.4, -0.2) is 12.0 Å². The average Bonchev–Trinajstić information content (AvgIpc) is 2.34. The van der Waals surface area contributed by atoms with Crippen molar-refractivity contribution in [2.24, 2.45) is 0 Å². The van der Waals surface area contributed by atoms with E-state index in [9.17, 15) is 13.2 Å². The van der Waals surface area contributed by atoms with Crippen LogP contribution in [-0.2, 0) is 0 Å². The minimum atomic E-state index is -0.913. The highest BCUT2D eigenvalue weighted by atomic mass is 19.1. The van der Waals surface area contributed by atoms with Gasteiger partial charge in [0.05, 0.1) is 0 Å². The molecule has 0 radical (unpaired) electrons. The highest BCUT2D eigenvalue weighted by Gasteiger charge is 2.14. The normalized spacial score (nSPS) is 10.4. The molecule has 2 N–H and O–H groups in total. The van der Waals surface area contributed by atoms with Crippen LogP contribution in [0, 0.1) is 17.5 Å². The fraction of sp³-hybridized carbons (Fsp3) is 0.0833. The molecule has 3 nitrogen and oxygen atoms in total. The quantitative estimate of drug-likeness (QED) is 0.894. The van der Waals surface area contributed by atoms with Gasteiger partial charge in [-0.05, 0) is 24.3 Å². The lowest BCUT2D eigenvalue weighted by Crippen LogP contribution is -2.14. The highest BCUT2D eigenvalue weighted by Crippen LogP contribution is 2.26. The second-order valence-corrected chi connectivity index (χ2v) is 3.70. The Morgan fingerprint density at radius 2 is 1.67 bits per heavy atom. The molecule has 0 aliphatic rings. The fourth-order valence-corrected chi connectivity index (χ4v) is 1.49. The van der Waals surface area contributed by atoms with E-state index in [1.165, 1.54) is 36.2 Å². The van der Waals surface area contributed by atoms with Gasteiger partial charge in [-0.15, -0.1) is 0 Å². The van der Waals surface area contributed by atoms with Gasteiger partial charge in [-0.25, -0.2) is 18.2 Å². The summed E-state index contributed by atoms with van der Waals surface area (Å²) >= 11 is 0. The number of pyridine rings is 1. The van der Waals surface area contributed by atoms with Crippen LogP contribution in [0.5, 0.6) is 0 Å². The zero-order valence-corrected chi connectivity index (χ0v) is 9.49. The predicted octanol–water partition coefficient (Wildman–Crippen LogP) is 2.85. The molecule has 0 fully saturated rings. The van der Waals surface area contributed by atoms with Gasteiger partial charge in [0.1, 0.15) is 5.82 Å². The topological polar surface area (TPSA) is 42.2 Å². The Kier molecular flexibility index (Phi) is 3.10. The Bertz CT molecular complexity index is 570. The van der Waals surface area contributed by atoms with Crippen LogP contribution in [0.2, 0.25) is 0 Å². The maximum atomic E-state index is 13.6. The first-order valence-electron chi connectivity index (χ1n) is 5.10. The summed E-state index contributed by atoms with van der Waals surface area (Å²) in [5.41, 5.74) is 5.80. The molecule has 0 unspecified atom stereocenters. The van der Waals surface area contributed by atoms with Crippen molar-refractivity contribution >= 4 is 17.3 Å². The van der Waals surface area contributed by atoms with Crippen LogP contribution < -0.4 is 10.6 Å². The first kappa shape index (κ1) is 12.2. The van der Waals surface area contributed by atoms with E-state index < -0.39 is 17.5 Å². The molecule has 0 bridgehead atoms. The van der Waals surface area contributed by atoms with Gasteiger partial charge in [0.2, 0.25) is 0 Å². The molecule has 2 rings (SSSR count). The highest BCUT2D eigenvalue weighted by molar-refractivity contribution is 5.61. The zero-order chi connectivity index (χ0) is 13.3. The van der Waals surface area contributed by atoms with Crippen molar-refractivity contribution in [1.82, 2.24) is 4.98 Å². The number of hydrogen-bond acceptors (Lipinski definition) is 3. The number of nitrogen functional groups attached to an aromatic ring is 1. The number of benzene rings is 1. The summed E-state index contributed by atoms with van der Waals surface area (Å²) in [7, 11) is 1.52. The van der Waals surface area contributed by atoms with Gasteiger partial charge in [0, 0.05) is 18.8 Å². The summed E-state index contributed by atoms with van der Waals surface area (Å²) in [5.74, 6) is -2.67. The van der Waals surface area contributed by atoms with Gasteiger partial charge in [0.25, 0.3) is 0 Å². The summed E-state index contributed by atoms with van der Waals surface area (Å²) in [6.45, 7) is 0. The van der Waals surface area contributed by atoms with E-state index >= 15 is 0 Å². The molecule has 0 atom stereocenters. The molecule has 0 aliphatic heterocycles. The largest absolute Gasteiger partial charge is 0.381 e. The predicted molar refractivity (Wildman–Crippen MR) is 63.0 cm³/mol. The SMILES string of the molecule is CN(c1ccc(F)cc1)c1nc(N)c(F)cc1F. The number of anilines is 3. The third-order valence-corrected chi connectivity index (χ3v) is 2.47. The summed E-state index contributed by atoms with van der Waals surface area (Å²) in [4.78, 5) is 4.98. The van der Waals surface area contributed by atoms with Crippen molar-refractivity contribution in [2.45, 2.75) is 0 Å². The first-order chi connectivity index (χ1) is 8.49. The molecular formula is C12H10F3N3. The minimum Gasteiger partial charge on any atom is -0.381 e. The first-order valence-corrected chi connectivity index (χ1v) is 5.10. The lowest BCUT2D eigenvalue weighted by molar-refractivity contribution is 0.577. The fourth-order valence-electron chi connectivity index (χ4n) is 1.49. The van der Waals surface area contributed by atoms with Gasteiger partial charge >= 0.3 is 0 Å². The number of nitrogens with two attached hydrogens (primary N) is 1. The van der Waals surface area contributed by atoms with Crippen LogP contribution in [0.1, 0.15) is 0 Å². The molecule has 1 aromatic carbocycles. The molecule has 1 aromatic heterocycles. The van der Waals surface area contributed by atoms with Crippen LogP contribution in [0.4, 0.5) is 30.5 Å². The van der Waals surface area contributed by atoms with E-state index in [4.69, 9.17) is 5.73 Å². The number of rotatable bonds is 2. The van der Waals surface area contributed by atoms with E-state index in [-0.39, 0.29) is 11.6 Å².